The molecule has 29 heavy (non-hydrogen) atoms. The fourth-order valence-electron chi connectivity index (χ4n) is 2.71. The van der Waals surface area contributed by atoms with Gasteiger partial charge in [-0.15, -0.1) is 0 Å². The van der Waals surface area contributed by atoms with Gasteiger partial charge in [-0.3, -0.25) is 13.9 Å². The second-order valence-electron chi connectivity index (χ2n) is 6.06. The van der Waals surface area contributed by atoms with Gasteiger partial charge in [0, 0.05) is 25.8 Å². The topological polar surface area (TPSA) is 98.3 Å². The summed E-state index contributed by atoms with van der Waals surface area (Å²) in [7, 11) is 4.16. The maximum atomic E-state index is 14.6. The standard InChI is InChI=1S/C20H17FN4O4/c1-24-18(13(11-22)19(26)25(2)20(24)27)23-12-8-9-15(14(21)10-12)29-17-7-5-4-6-16(17)28-3/h4-10,23H,1-3H3. The Morgan fingerprint density at radius 1 is 1.03 bits per heavy atom. The zero-order valence-corrected chi connectivity index (χ0v) is 15.9. The molecule has 0 radical (unpaired) electrons. The third-order valence-corrected chi connectivity index (χ3v) is 4.26. The molecule has 148 valence electrons. The molecule has 8 nitrogen and oxygen atoms in total. The third-order valence-electron chi connectivity index (χ3n) is 4.26. The van der Waals surface area contributed by atoms with Crippen LogP contribution in [-0.2, 0) is 14.1 Å². The van der Waals surface area contributed by atoms with E-state index < -0.39 is 17.1 Å². The highest BCUT2D eigenvalue weighted by atomic mass is 19.1. The Labute approximate surface area is 165 Å². The van der Waals surface area contributed by atoms with Gasteiger partial charge in [-0.1, -0.05) is 12.1 Å². The number of aromatic nitrogens is 2. The molecule has 3 aromatic rings. The van der Waals surface area contributed by atoms with Crippen LogP contribution < -0.4 is 26.0 Å². The summed E-state index contributed by atoms with van der Waals surface area (Å²) < 4.78 is 27.3. The molecule has 1 heterocycles. The normalized spacial score (nSPS) is 10.3. The molecule has 0 unspecified atom stereocenters. The maximum Gasteiger partial charge on any atom is 0.332 e. The van der Waals surface area contributed by atoms with Crippen molar-refractivity contribution in [2.45, 2.75) is 0 Å². The van der Waals surface area contributed by atoms with Gasteiger partial charge in [0.05, 0.1) is 7.11 Å². The molecule has 3 rings (SSSR count). The van der Waals surface area contributed by atoms with Gasteiger partial charge in [-0.05, 0) is 24.3 Å². The lowest BCUT2D eigenvalue weighted by Crippen LogP contribution is -2.39. The van der Waals surface area contributed by atoms with Crippen molar-refractivity contribution >= 4 is 11.5 Å². The van der Waals surface area contributed by atoms with Crippen molar-refractivity contribution in [1.29, 1.82) is 5.26 Å². The zero-order valence-electron chi connectivity index (χ0n) is 15.9. The summed E-state index contributed by atoms with van der Waals surface area (Å²) in [5, 5.41) is 12.1. The molecule has 0 saturated carbocycles. The number of nitriles is 1. The summed E-state index contributed by atoms with van der Waals surface area (Å²) in [5.41, 5.74) is -1.39. The molecule has 1 aromatic heterocycles. The van der Waals surface area contributed by atoms with Crippen molar-refractivity contribution in [3.63, 3.8) is 0 Å². The summed E-state index contributed by atoms with van der Waals surface area (Å²) in [6.07, 6.45) is 0. The Kier molecular flexibility index (Phi) is 5.36. The highest BCUT2D eigenvalue weighted by Gasteiger charge is 2.16. The Balaban J connectivity index is 1.96. The minimum atomic E-state index is -0.741. The van der Waals surface area contributed by atoms with Crippen molar-refractivity contribution in [2.75, 3.05) is 12.4 Å². The van der Waals surface area contributed by atoms with Crippen molar-refractivity contribution in [3.8, 4) is 23.3 Å². The van der Waals surface area contributed by atoms with E-state index in [0.29, 0.717) is 11.5 Å². The van der Waals surface area contributed by atoms with Crippen molar-refractivity contribution < 1.29 is 13.9 Å². The molecule has 9 heteroatoms. The quantitative estimate of drug-likeness (QED) is 0.712. The van der Waals surface area contributed by atoms with Gasteiger partial charge in [0.15, 0.2) is 28.6 Å². The summed E-state index contributed by atoms with van der Waals surface area (Å²) >= 11 is 0. The molecule has 0 atom stereocenters. The van der Waals surface area contributed by atoms with E-state index in [2.05, 4.69) is 5.32 Å². The summed E-state index contributed by atoms with van der Waals surface area (Å²) in [5.74, 6) is 0.0308. The number of anilines is 2. The molecular formula is C20H17FN4O4. The van der Waals surface area contributed by atoms with Crippen LogP contribution in [0.15, 0.2) is 52.1 Å². The highest BCUT2D eigenvalue weighted by molar-refractivity contribution is 5.63. The first-order valence-corrected chi connectivity index (χ1v) is 8.45. The van der Waals surface area contributed by atoms with Crippen molar-refractivity contribution in [3.05, 3.63) is 74.7 Å². The number of ether oxygens (including phenoxy) is 2. The molecule has 0 amide bonds. The Hall–Kier alpha value is -4.06. The first kappa shape index (κ1) is 19.7. The van der Waals surface area contributed by atoms with Crippen LogP contribution in [0.3, 0.4) is 0 Å². The highest BCUT2D eigenvalue weighted by Crippen LogP contribution is 2.33. The van der Waals surface area contributed by atoms with Crippen LogP contribution >= 0.6 is 0 Å². The van der Waals surface area contributed by atoms with Crippen LogP contribution in [-0.4, -0.2) is 16.2 Å². The van der Waals surface area contributed by atoms with Crippen LogP contribution in [0.5, 0.6) is 17.2 Å². The van der Waals surface area contributed by atoms with Gasteiger partial charge >= 0.3 is 5.69 Å². The largest absolute Gasteiger partial charge is 0.493 e. The number of para-hydroxylation sites is 2. The van der Waals surface area contributed by atoms with E-state index in [1.54, 1.807) is 30.3 Å². The molecule has 1 N–H and O–H groups in total. The van der Waals surface area contributed by atoms with Gasteiger partial charge in [0.25, 0.3) is 5.56 Å². The second-order valence-corrected chi connectivity index (χ2v) is 6.06. The monoisotopic (exact) mass is 396 g/mol. The average Bonchev–Trinajstić information content (AvgIpc) is 2.73. The number of rotatable bonds is 5. The van der Waals surface area contributed by atoms with Crippen molar-refractivity contribution in [1.82, 2.24) is 9.13 Å². The van der Waals surface area contributed by atoms with Crippen molar-refractivity contribution in [2.24, 2.45) is 14.1 Å². The number of methoxy groups -OCH3 is 1. The number of hydrogen-bond donors (Lipinski definition) is 1. The fourth-order valence-corrected chi connectivity index (χ4v) is 2.71. The van der Waals surface area contributed by atoms with E-state index >= 15 is 0 Å². The number of hydrogen-bond acceptors (Lipinski definition) is 6. The molecule has 2 aromatic carbocycles. The predicted octanol–water partition coefficient (Wildman–Crippen LogP) is 2.64. The number of nitrogens with zero attached hydrogens (tertiary/aromatic N) is 3. The number of halogens is 1. The Morgan fingerprint density at radius 2 is 1.72 bits per heavy atom. The van der Waals surface area contributed by atoms with E-state index in [1.165, 1.54) is 33.3 Å². The van der Waals surface area contributed by atoms with Crippen LogP contribution in [0.25, 0.3) is 0 Å². The minimum absolute atomic E-state index is 0.0293. The molecular weight excluding hydrogens is 379 g/mol. The Morgan fingerprint density at radius 3 is 2.34 bits per heavy atom. The average molecular weight is 396 g/mol. The van der Waals surface area contributed by atoms with Crippen LogP contribution in [0.2, 0.25) is 0 Å². The molecule has 0 aliphatic rings. The molecule has 0 aliphatic heterocycles. The first-order chi connectivity index (χ1) is 13.9. The molecule has 0 aliphatic carbocycles. The van der Waals surface area contributed by atoms with Gasteiger partial charge in [0.2, 0.25) is 0 Å². The van der Waals surface area contributed by atoms with Gasteiger partial charge in [0.1, 0.15) is 11.9 Å². The van der Waals surface area contributed by atoms with Crippen LogP contribution in [0.1, 0.15) is 5.56 Å². The summed E-state index contributed by atoms with van der Waals surface area (Å²) in [6, 6.07) is 12.6. The summed E-state index contributed by atoms with van der Waals surface area (Å²) in [4.78, 5) is 24.3. The lowest BCUT2D eigenvalue weighted by atomic mass is 10.2. The fraction of sp³-hybridized carbons (Fsp3) is 0.150. The smallest absolute Gasteiger partial charge is 0.332 e. The maximum absolute atomic E-state index is 14.6. The Bertz CT molecular complexity index is 1240. The zero-order chi connectivity index (χ0) is 21.1. The van der Waals surface area contributed by atoms with E-state index in [9.17, 15) is 19.2 Å². The van der Waals surface area contributed by atoms with Crippen LogP contribution in [0, 0.1) is 17.1 Å². The van der Waals surface area contributed by atoms with E-state index in [0.717, 1.165) is 15.2 Å². The minimum Gasteiger partial charge on any atom is -0.493 e. The SMILES string of the molecule is COc1ccccc1Oc1ccc(Nc2c(C#N)c(=O)n(C)c(=O)n2C)cc1F. The van der Waals surface area contributed by atoms with E-state index in [1.807, 2.05) is 0 Å². The predicted molar refractivity (Wildman–Crippen MR) is 104 cm³/mol. The molecule has 0 bridgehead atoms. The van der Waals surface area contributed by atoms with Gasteiger partial charge in [-0.2, -0.15) is 5.26 Å². The molecule has 0 saturated heterocycles. The number of benzene rings is 2. The molecule has 0 fully saturated rings. The lowest BCUT2D eigenvalue weighted by molar-refractivity contribution is 0.371. The first-order valence-electron chi connectivity index (χ1n) is 8.45. The van der Waals surface area contributed by atoms with Crippen LogP contribution in [0.4, 0.5) is 15.9 Å². The number of nitrogens with one attached hydrogen (secondary N) is 1. The van der Waals surface area contributed by atoms with Gasteiger partial charge < -0.3 is 14.8 Å². The summed E-state index contributed by atoms with van der Waals surface area (Å²) in [6.45, 7) is 0. The molecule has 0 spiro atoms. The van der Waals surface area contributed by atoms with E-state index in [4.69, 9.17) is 9.47 Å². The second kappa shape index (κ2) is 7.90. The van der Waals surface area contributed by atoms with Gasteiger partial charge in [-0.25, -0.2) is 9.18 Å². The third kappa shape index (κ3) is 3.68. The lowest BCUT2D eigenvalue weighted by Gasteiger charge is -2.15. The van der Waals surface area contributed by atoms with E-state index in [-0.39, 0.29) is 22.8 Å².